The fourth-order valence-corrected chi connectivity index (χ4v) is 3.42. The number of carbonyl (C=O) groups excluding carboxylic acids is 3. The first-order chi connectivity index (χ1) is 16.9. The molecule has 0 aliphatic carbocycles. The Morgan fingerprint density at radius 3 is 1.92 bits per heavy atom. The van der Waals surface area contributed by atoms with Crippen molar-refractivity contribution in [3.63, 3.8) is 0 Å². The van der Waals surface area contributed by atoms with Gasteiger partial charge in [0.2, 0.25) is 17.7 Å². The normalized spacial score (nSPS) is 15.2. The van der Waals surface area contributed by atoms with Crippen molar-refractivity contribution in [1.29, 1.82) is 0 Å². The second-order valence-corrected chi connectivity index (χ2v) is 9.22. The van der Waals surface area contributed by atoms with E-state index in [2.05, 4.69) is 16.0 Å². The largest absolute Gasteiger partial charge is 0.481 e. The Hall–Kier alpha value is -3.47. The van der Waals surface area contributed by atoms with Crippen LogP contribution in [-0.2, 0) is 30.4 Å². The fourth-order valence-electron chi connectivity index (χ4n) is 3.42. The van der Waals surface area contributed by atoms with Gasteiger partial charge in [-0.3, -0.25) is 19.2 Å². The van der Waals surface area contributed by atoms with Gasteiger partial charge < -0.3 is 31.9 Å². The van der Waals surface area contributed by atoms with Crippen LogP contribution in [-0.4, -0.2) is 64.0 Å². The Morgan fingerprint density at radius 1 is 0.861 bits per heavy atom. The zero-order valence-corrected chi connectivity index (χ0v) is 21.2. The lowest BCUT2D eigenvalue weighted by Crippen LogP contribution is -2.58. The molecule has 7 N–H and O–H groups in total. The molecule has 3 amide bonds. The minimum absolute atomic E-state index is 0.0999. The number of amides is 3. The van der Waals surface area contributed by atoms with Gasteiger partial charge in [-0.05, 0) is 23.8 Å². The van der Waals surface area contributed by atoms with Gasteiger partial charge in [0.1, 0.15) is 18.1 Å². The number of nitrogens with two attached hydrogens (primary N) is 1. The van der Waals surface area contributed by atoms with Crippen LogP contribution in [0.25, 0.3) is 0 Å². The van der Waals surface area contributed by atoms with Gasteiger partial charge in [0.25, 0.3) is 0 Å². The van der Waals surface area contributed by atoms with Gasteiger partial charge in [-0.1, -0.05) is 64.4 Å². The van der Waals surface area contributed by atoms with E-state index in [9.17, 15) is 29.1 Å². The van der Waals surface area contributed by atoms with E-state index in [0.717, 1.165) is 5.56 Å². The molecule has 0 aromatic heterocycles. The lowest BCUT2D eigenvalue weighted by molar-refractivity contribution is -0.144. The second kappa shape index (κ2) is 14.8. The standard InChI is InChI=1S/C25H38N4O7/c1-5-15(4)20(26)24(34)28-18(13-16-9-7-6-8-10-16)23(33)27-17(11-12-19(30)31)22(32)29-21(14(2)3)25(35)36/h6-10,14-15,17-18,20-21H,5,11-13,26H2,1-4H3,(H,27,33)(H,28,34)(H,29,32)(H,30,31)(H,35,36). The summed E-state index contributed by atoms with van der Waals surface area (Å²) >= 11 is 0. The van der Waals surface area contributed by atoms with Crippen LogP contribution in [0, 0.1) is 11.8 Å². The minimum atomic E-state index is -1.33. The van der Waals surface area contributed by atoms with Crippen molar-refractivity contribution in [3.05, 3.63) is 35.9 Å². The topological polar surface area (TPSA) is 188 Å². The van der Waals surface area contributed by atoms with Crippen LogP contribution in [0.3, 0.4) is 0 Å². The summed E-state index contributed by atoms with van der Waals surface area (Å²) in [5.41, 5.74) is 6.77. The molecule has 0 saturated carbocycles. The molecule has 0 aliphatic heterocycles. The van der Waals surface area contributed by atoms with Gasteiger partial charge in [0.05, 0.1) is 6.04 Å². The summed E-state index contributed by atoms with van der Waals surface area (Å²) in [6.07, 6.45) is 0.0485. The number of carbonyl (C=O) groups is 5. The highest BCUT2D eigenvalue weighted by Crippen LogP contribution is 2.10. The number of benzene rings is 1. The van der Waals surface area contributed by atoms with E-state index < -0.39 is 66.2 Å². The smallest absolute Gasteiger partial charge is 0.326 e. The highest BCUT2D eigenvalue weighted by Gasteiger charge is 2.32. The molecule has 1 rings (SSSR count). The third-order valence-electron chi connectivity index (χ3n) is 5.99. The first-order valence-corrected chi connectivity index (χ1v) is 12.0. The Balaban J connectivity index is 3.15. The number of hydrogen-bond donors (Lipinski definition) is 6. The van der Waals surface area contributed by atoms with Crippen LogP contribution in [0.15, 0.2) is 30.3 Å². The van der Waals surface area contributed by atoms with Gasteiger partial charge in [0.15, 0.2) is 0 Å². The molecule has 0 spiro atoms. The summed E-state index contributed by atoms with van der Waals surface area (Å²) in [6.45, 7) is 6.92. The summed E-state index contributed by atoms with van der Waals surface area (Å²) in [6, 6.07) is 4.39. The van der Waals surface area contributed by atoms with Crippen LogP contribution in [0.1, 0.15) is 52.5 Å². The predicted octanol–water partition coefficient (Wildman–Crippen LogP) is 0.662. The van der Waals surface area contributed by atoms with E-state index in [-0.39, 0.29) is 18.8 Å². The third kappa shape index (κ3) is 10.0. The summed E-state index contributed by atoms with van der Waals surface area (Å²) in [7, 11) is 0. The van der Waals surface area contributed by atoms with Gasteiger partial charge in [-0.2, -0.15) is 0 Å². The molecule has 0 heterocycles. The van der Waals surface area contributed by atoms with Gasteiger partial charge in [0, 0.05) is 12.8 Å². The Bertz CT molecular complexity index is 907. The quantitative estimate of drug-likeness (QED) is 0.200. The Morgan fingerprint density at radius 2 is 1.42 bits per heavy atom. The van der Waals surface area contributed by atoms with Crippen LogP contribution < -0.4 is 21.7 Å². The van der Waals surface area contributed by atoms with Crippen molar-refractivity contribution < 1.29 is 34.2 Å². The molecule has 0 radical (unpaired) electrons. The highest BCUT2D eigenvalue weighted by molar-refractivity contribution is 5.94. The predicted molar refractivity (Wildman–Crippen MR) is 133 cm³/mol. The van der Waals surface area contributed by atoms with Crippen molar-refractivity contribution in [2.45, 2.75) is 77.5 Å². The van der Waals surface area contributed by atoms with Crippen molar-refractivity contribution in [1.82, 2.24) is 16.0 Å². The zero-order valence-electron chi connectivity index (χ0n) is 21.2. The molecule has 0 aliphatic rings. The number of rotatable bonds is 15. The third-order valence-corrected chi connectivity index (χ3v) is 5.99. The molecule has 0 fully saturated rings. The molecule has 5 unspecified atom stereocenters. The molecule has 1 aromatic carbocycles. The van der Waals surface area contributed by atoms with E-state index in [1.165, 1.54) is 0 Å². The average molecular weight is 507 g/mol. The Kier molecular flexibility index (Phi) is 12.6. The molecule has 5 atom stereocenters. The van der Waals surface area contributed by atoms with Crippen LogP contribution >= 0.6 is 0 Å². The number of hydrogen-bond acceptors (Lipinski definition) is 6. The fraction of sp³-hybridized carbons (Fsp3) is 0.560. The molecular weight excluding hydrogens is 468 g/mol. The number of aliphatic carboxylic acids is 2. The highest BCUT2D eigenvalue weighted by atomic mass is 16.4. The molecule has 36 heavy (non-hydrogen) atoms. The summed E-state index contributed by atoms with van der Waals surface area (Å²) in [4.78, 5) is 61.5. The van der Waals surface area contributed by atoms with Crippen molar-refractivity contribution >= 4 is 29.7 Å². The maximum Gasteiger partial charge on any atom is 0.326 e. The van der Waals surface area contributed by atoms with Crippen molar-refractivity contribution in [2.24, 2.45) is 17.6 Å². The van der Waals surface area contributed by atoms with E-state index in [0.29, 0.717) is 6.42 Å². The Labute approximate surface area is 211 Å². The molecule has 0 saturated heterocycles. The molecule has 11 heteroatoms. The number of carboxylic acid groups (broad SMARTS) is 2. The van der Waals surface area contributed by atoms with Crippen LogP contribution in [0.2, 0.25) is 0 Å². The number of nitrogens with one attached hydrogen (secondary N) is 3. The maximum absolute atomic E-state index is 13.2. The molecule has 11 nitrogen and oxygen atoms in total. The van der Waals surface area contributed by atoms with Gasteiger partial charge >= 0.3 is 11.9 Å². The van der Waals surface area contributed by atoms with Gasteiger partial charge in [-0.15, -0.1) is 0 Å². The minimum Gasteiger partial charge on any atom is -0.481 e. The van der Waals surface area contributed by atoms with Crippen LogP contribution in [0.4, 0.5) is 0 Å². The first-order valence-electron chi connectivity index (χ1n) is 12.0. The van der Waals surface area contributed by atoms with Crippen LogP contribution in [0.5, 0.6) is 0 Å². The van der Waals surface area contributed by atoms with Gasteiger partial charge in [-0.25, -0.2) is 4.79 Å². The SMILES string of the molecule is CCC(C)C(N)C(=O)NC(Cc1ccccc1)C(=O)NC(CCC(=O)O)C(=O)NC(C(=O)O)C(C)C. The lowest BCUT2D eigenvalue weighted by Gasteiger charge is -2.26. The molecule has 200 valence electrons. The lowest BCUT2D eigenvalue weighted by atomic mass is 9.98. The molecule has 1 aromatic rings. The number of carboxylic acids is 2. The van der Waals surface area contributed by atoms with E-state index in [1.807, 2.05) is 13.8 Å². The summed E-state index contributed by atoms with van der Waals surface area (Å²) in [5, 5.41) is 26.0. The molecular formula is C25H38N4O7. The van der Waals surface area contributed by atoms with E-state index in [4.69, 9.17) is 10.8 Å². The van der Waals surface area contributed by atoms with E-state index in [1.54, 1.807) is 44.2 Å². The van der Waals surface area contributed by atoms with E-state index >= 15 is 0 Å². The summed E-state index contributed by atoms with van der Waals surface area (Å²) < 4.78 is 0. The maximum atomic E-state index is 13.2. The van der Waals surface area contributed by atoms with Crippen molar-refractivity contribution in [2.75, 3.05) is 0 Å². The second-order valence-electron chi connectivity index (χ2n) is 9.22. The first kappa shape index (κ1) is 30.6. The molecule has 0 bridgehead atoms. The monoisotopic (exact) mass is 506 g/mol. The zero-order chi connectivity index (χ0) is 27.4. The van der Waals surface area contributed by atoms with Crippen molar-refractivity contribution in [3.8, 4) is 0 Å². The summed E-state index contributed by atoms with van der Waals surface area (Å²) in [5.74, 6) is -5.10. The average Bonchev–Trinajstić information content (AvgIpc) is 2.83.